The SMILES string of the molecule is COc1ccc2c(NC3(CO)CCOCC3)nccc2c1. The molecule has 0 radical (unpaired) electrons. The number of benzene rings is 1. The number of anilines is 1. The Hall–Kier alpha value is -1.85. The highest BCUT2D eigenvalue weighted by molar-refractivity contribution is 5.92. The van der Waals surface area contributed by atoms with Gasteiger partial charge in [-0.15, -0.1) is 0 Å². The summed E-state index contributed by atoms with van der Waals surface area (Å²) in [5.41, 5.74) is -0.348. The molecule has 0 amide bonds. The van der Waals surface area contributed by atoms with Crippen LogP contribution in [0.15, 0.2) is 30.5 Å². The lowest BCUT2D eigenvalue weighted by molar-refractivity contribution is 0.0379. The molecule has 1 aromatic carbocycles. The average molecular weight is 288 g/mol. The Morgan fingerprint density at radius 2 is 2.14 bits per heavy atom. The fraction of sp³-hybridized carbons (Fsp3) is 0.438. The fourth-order valence-electron chi connectivity index (χ4n) is 2.72. The van der Waals surface area contributed by atoms with E-state index in [0.717, 1.165) is 35.2 Å². The van der Waals surface area contributed by atoms with E-state index in [1.165, 1.54) is 0 Å². The molecule has 2 heterocycles. The van der Waals surface area contributed by atoms with Crippen LogP contribution in [0, 0.1) is 0 Å². The van der Waals surface area contributed by atoms with Crippen molar-refractivity contribution in [3.63, 3.8) is 0 Å². The van der Waals surface area contributed by atoms with E-state index in [9.17, 15) is 5.11 Å². The van der Waals surface area contributed by atoms with E-state index in [0.29, 0.717) is 13.2 Å². The maximum Gasteiger partial charge on any atom is 0.134 e. The van der Waals surface area contributed by atoms with Crippen LogP contribution in [0.25, 0.3) is 10.8 Å². The van der Waals surface area contributed by atoms with E-state index in [2.05, 4.69) is 10.3 Å². The second-order valence-electron chi connectivity index (χ2n) is 5.42. The van der Waals surface area contributed by atoms with Crippen LogP contribution in [0.3, 0.4) is 0 Å². The summed E-state index contributed by atoms with van der Waals surface area (Å²) < 4.78 is 10.6. The van der Waals surface area contributed by atoms with E-state index in [4.69, 9.17) is 9.47 Å². The molecule has 0 saturated carbocycles. The third-order valence-corrected chi connectivity index (χ3v) is 4.11. The Kier molecular flexibility index (Phi) is 3.94. The second kappa shape index (κ2) is 5.87. The highest BCUT2D eigenvalue weighted by atomic mass is 16.5. The summed E-state index contributed by atoms with van der Waals surface area (Å²) in [6.07, 6.45) is 3.32. The molecule has 1 fully saturated rings. The summed E-state index contributed by atoms with van der Waals surface area (Å²) in [4.78, 5) is 4.45. The number of hydrogen-bond acceptors (Lipinski definition) is 5. The first-order chi connectivity index (χ1) is 10.3. The Bertz CT molecular complexity index is 624. The number of ether oxygens (including phenoxy) is 2. The molecule has 1 aromatic heterocycles. The molecule has 2 N–H and O–H groups in total. The van der Waals surface area contributed by atoms with E-state index in [1.54, 1.807) is 13.3 Å². The van der Waals surface area contributed by atoms with Crippen molar-refractivity contribution < 1.29 is 14.6 Å². The first-order valence-corrected chi connectivity index (χ1v) is 7.16. The third kappa shape index (κ3) is 2.80. The molecule has 0 bridgehead atoms. The van der Waals surface area contributed by atoms with Gasteiger partial charge in [0.1, 0.15) is 11.6 Å². The van der Waals surface area contributed by atoms with E-state index < -0.39 is 0 Å². The van der Waals surface area contributed by atoms with Crippen molar-refractivity contribution in [2.24, 2.45) is 0 Å². The molecule has 1 aliphatic rings. The maximum absolute atomic E-state index is 9.79. The van der Waals surface area contributed by atoms with Gasteiger partial charge in [-0.2, -0.15) is 0 Å². The van der Waals surface area contributed by atoms with Gasteiger partial charge < -0.3 is 19.9 Å². The van der Waals surface area contributed by atoms with Gasteiger partial charge in [0.25, 0.3) is 0 Å². The van der Waals surface area contributed by atoms with Crippen LogP contribution in [0.4, 0.5) is 5.82 Å². The monoisotopic (exact) mass is 288 g/mol. The third-order valence-electron chi connectivity index (χ3n) is 4.11. The largest absolute Gasteiger partial charge is 0.497 e. The zero-order valence-corrected chi connectivity index (χ0v) is 12.1. The van der Waals surface area contributed by atoms with Crippen LogP contribution in [-0.4, -0.2) is 42.6 Å². The van der Waals surface area contributed by atoms with Crippen LogP contribution in [0.2, 0.25) is 0 Å². The van der Waals surface area contributed by atoms with Crippen LogP contribution in [-0.2, 0) is 4.74 Å². The van der Waals surface area contributed by atoms with Crippen molar-refractivity contribution in [3.8, 4) is 5.75 Å². The molecule has 5 nitrogen and oxygen atoms in total. The van der Waals surface area contributed by atoms with Gasteiger partial charge in [-0.25, -0.2) is 4.98 Å². The van der Waals surface area contributed by atoms with Gasteiger partial charge in [-0.1, -0.05) is 0 Å². The van der Waals surface area contributed by atoms with Crippen LogP contribution >= 0.6 is 0 Å². The Labute approximate surface area is 123 Å². The standard InChI is InChI=1S/C16H20N2O3/c1-20-13-2-3-14-12(10-13)4-7-17-15(14)18-16(11-19)5-8-21-9-6-16/h2-4,7,10,19H,5-6,8-9,11H2,1H3,(H,17,18). The van der Waals surface area contributed by atoms with Crippen LogP contribution in [0.1, 0.15) is 12.8 Å². The smallest absolute Gasteiger partial charge is 0.134 e. The topological polar surface area (TPSA) is 63.6 Å². The van der Waals surface area contributed by atoms with Crippen molar-refractivity contribution in [2.45, 2.75) is 18.4 Å². The number of hydrogen-bond donors (Lipinski definition) is 2. The van der Waals surface area contributed by atoms with Crippen molar-refractivity contribution in [1.82, 2.24) is 4.98 Å². The molecule has 0 unspecified atom stereocenters. The molecule has 21 heavy (non-hydrogen) atoms. The minimum atomic E-state index is -0.348. The number of fused-ring (bicyclic) bond motifs is 1. The summed E-state index contributed by atoms with van der Waals surface area (Å²) in [5, 5.41) is 15.3. The zero-order valence-electron chi connectivity index (χ0n) is 12.1. The van der Waals surface area contributed by atoms with E-state index in [1.807, 2.05) is 24.3 Å². The van der Waals surface area contributed by atoms with Crippen molar-refractivity contribution >= 4 is 16.6 Å². The predicted octanol–water partition coefficient (Wildman–Crippen LogP) is 2.20. The molecule has 0 aliphatic carbocycles. The molecule has 1 saturated heterocycles. The van der Waals surface area contributed by atoms with Gasteiger partial charge in [-0.3, -0.25) is 0 Å². The second-order valence-corrected chi connectivity index (χ2v) is 5.42. The zero-order chi connectivity index (χ0) is 14.7. The molecule has 5 heteroatoms. The van der Waals surface area contributed by atoms with Gasteiger partial charge in [-0.05, 0) is 42.5 Å². The lowest BCUT2D eigenvalue weighted by Gasteiger charge is -2.37. The molecule has 0 atom stereocenters. The summed E-state index contributed by atoms with van der Waals surface area (Å²) in [7, 11) is 1.66. The highest BCUT2D eigenvalue weighted by Crippen LogP contribution is 2.30. The quantitative estimate of drug-likeness (QED) is 0.903. The Balaban J connectivity index is 1.96. The number of aromatic nitrogens is 1. The minimum absolute atomic E-state index is 0.0740. The fourth-order valence-corrected chi connectivity index (χ4v) is 2.72. The number of aliphatic hydroxyl groups is 1. The Morgan fingerprint density at radius 3 is 2.86 bits per heavy atom. The van der Waals surface area contributed by atoms with Gasteiger partial charge in [0.15, 0.2) is 0 Å². The van der Waals surface area contributed by atoms with Gasteiger partial charge in [0.05, 0.1) is 19.3 Å². The van der Waals surface area contributed by atoms with Crippen molar-refractivity contribution in [3.05, 3.63) is 30.5 Å². The predicted molar refractivity (Wildman–Crippen MR) is 81.8 cm³/mol. The number of nitrogens with zero attached hydrogens (tertiary/aromatic N) is 1. The number of pyridine rings is 1. The van der Waals surface area contributed by atoms with E-state index >= 15 is 0 Å². The lowest BCUT2D eigenvalue weighted by atomic mass is 9.90. The minimum Gasteiger partial charge on any atom is -0.497 e. The molecule has 1 aliphatic heterocycles. The normalized spacial score (nSPS) is 17.6. The van der Waals surface area contributed by atoms with Gasteiger partial charge in [0.2, 0.25) is 0 Å². The van der Waals surface area contributed by atoms with Crippen molar-refractivity contribution in [2.75, 3.05) is 32.2 Å². The number of aliphatic hydroxyl groups excluding tert-OH is 1. The van der Waals surface area contributed by atoms with Crippen LogP contribution in [0.5, 0.6) is 5.75 Å². The number of nitrogens with one attached hydrogen (secondary N) is 1. The summed E-state index contributed by atoms with van der Waals surface area (Å²) in [6.45, 7) is 1.39. The number of methoxy groups -OCH3 is 1. The maximum atomic E-state index is 9.79. The average Bonchev–Trinajstić information content (AvgIpc) is 2.55. The molecule has 3 rings (SSSR count). The first kappa shape index (κ1) is 14.1. The van der Waals surface area contributed by atoms with Crippen LogP contribution < -0.4 is 10.1 Å². The molecular weight excluding hydrogens is 268 g/mol. The lowest BCUT2D eigenvalue weighted by Crippen LogP contribution is -2.47. The summed E-state index contributed by atoms with van der Waals surface area (Å²) in [6, 6.07) is 7.86. The number of rotatable bonds is 4. The highest BCUT2D eigenvalue weighted by Gasteiger charge is 2.32. The van der Waals surface area contributed by atoms with E-state index in [-0.39, 0.29) is 12.1 Å². The Morgan fingerprint density at radius 1 is 1.33 bits per heavy atom. The first-order valence-electron chi connectivity index (χ1n) is 7.16. The molecular formula is C16H20N2O3. The van der Waals surface area contributed by atoms with Crippen molar-refractivity contribution in [1.29, 1.82) is 0 Å². The van der Waals surface area contributed by atoms with Gasteiger partial charge in [0, 0.05) is 24.8 Å². The molecule has 112 valence electrons. The summed E-state index contributed by atoms with van der Waals surface area (Å²) in [5.74, 6) is 1.62. The summed E-state index contributed by atoms with van der Waals surface area (Å²) >= 11 is 0. The molecule has 2 aromatic rings. The van der Waals surface area contributed by atoms with Gasteiger partial charge >= 0.3 is 0 Å². The molecule has 0 spiro atoms.